The first-order valence-corrected chi connectivity index (χ1v) is 7.72. The summed E-state index contributed by atoms with van der Waals surface area (Å²) in [4.78, 5) is 28.1. The van der Waals surface area contributed by atoms with Gasteiger partial charge < -0.3 is 20.1 Å². The summed E-state index contributed by atoms with van der Waals surface area (Å²) in [6.07, 6.45) is -2.00. The van der Waals surface area contributed by atoms with Gasteiger partial charge in [0.25, 0.3) is 0 Å². The minimum Gasteiger partial charge on any atom is -0.481 e. The number of aromatic nitrogens is 1. The molecule has 1 fully saturated rings. The Labute approximate surface area is 145 Å². The predicted molar refractivity (Wildman–Crippen MR) is 81.6 cm³/mol. The van der Waals surface area contributed by atoms with Crippen LogP contribution in [0.15, 0.2) is 18.3 Å². The van der Waals surface area contributed by atoms with E-state index in [-0.39, 0.29) is 11.6 Å². The molecule has 1 aromatic heterocycles. The third-order valence-electron chi connectivity index (χ3n) is 3.85. The smallest absolute Gasteiger partial charge is 0.340 e. The number of amides is 2. The van der Waals surface area contributed by atoms with Gasteiger partial charge >= 0.3 is 24.3 Å². The quantitative estimate of drug-likeness (QED) is 0.742. The number of piperidine rings is 1. The Morgan fingerprint density at radius 3 is 2.50 bits per heavy atom. The average molecular weight is 379 g/mol. The maximum atomic E-state index is 12.8. The maximum Gasteiger partial charge on any atom is 0.340 e. The highest BCUT2D eigenvalue weighted by Gasteiger charge is 2.41. The minimum absolute atomic E-state index is 0.253. The highest BCUT2D eigenvalue weighted by molar-refractivity contribution is 5.89. The molecule has 1 aliphatic heterocycles. The lowest BCUT2D eigenvalue weighted by Crippen LogP contribution is -2.42. The summed E-state index contributed by atoms with van der Waals surface area (Å²) in [6.45, 7) is -0.928. The van der Waals surface area contributed by atoms with E-state index in [1.807, 2.05) is 0 Å². The fourth-order valence-electron chi connectivity index (χ4n) is 2.30. The molecule has 0 spiro atoms. The second-order valence-corrected chi connectivity index (χ2v) is 5.77. The van der Waals surface area contributed by atoms with Crippen LogP contribution in [0, 0.1) is 5.92 Å². The van der Waals surface area contributed by atoms with Crippen molar-refractivity contribution < 1.29 is 37.0 Å². The fourth-order valence-corrected chi connectivity index (χ4v) is 2.30. The Morgan fingerprint density at radius 1 is 1.35 bits per heavy atom. The molecule has 2 N–H and O–H groups in total. The molecule has 11 heteroatoms. The van der Waals surface area contributed by atoms with Crippen molar-refractivity contribution in [3.8, 4) is 5.88 Å². The highest BCUT2D eigenvalue weighted by atomic mass is 19.3. The normalized spacial score (nSPS) is 15.8. The first-order valence-electron chi connectivity index (χ1n) is 7.72. The number of anilines is 1. The largest absolute Gasteiger partial charge is 0.481 e. The third kappa shape index (κ3) is 5.20. The molecule has 2 heterocycles. The lowest BCUT2D eigenvalue weighted by Gasteiger charge is -2.30. The van der Waals surface area contributed by atoms with Crippen LogP contribution in [0.25, 0.3) is 0 Å². The fraction of sp³-hybridized carbons (Fsp3) is 0.533. The van der Waals surface area contributed by atoms with Gasteiger partial charge in [0.1, 0.15) is 0 Å². The minimum atomic E-state index is -4.28. The molecule has 1 aromatic rings. The van der Waals surface area contributed by atoms with Crippen molar-refractivity contribution in [2.24, 2.45) is 5.92 Å². The van der Waals surface area contributed by atoms with Gasteiger partial charge in [0.05, 0.1) is 17.8 Å². The number of halogens is 4. The predicted octanol–water partition coefficient (Wildman–Crippen LogP) is 2.69. The lowest BCUT2D eigenvalue weighted by atomic mass is 9.97. The number of carbonyl (C=O) groups excluding carboxylic acids is 1. The summed E-state index contributed by atoms with van der Waals surface area (Å²) in [5.74, 6) is -5.92. The molecular formula is C15H17F4N3O4. The van der Waals surface area contributed by atoms with Crippen molar-refractivity contribution in [1.82, 2.24) is 9.88 Å². The number of urea groups is 1. The van der Waals surface area contributed by atoms with E-state index in [9.17, 15) is 27.2 Å². The molecular weight excluding hydrogens is 362 g/mol. The molecule has 2 amide bonds. The first-order chi connectivity index (χ1) is 12.2. The van der Waals surface area contributed by atoms with Crippen LogP contribution < -0.4 is 10.1 Å². The van der Waals surface area contributed by atoms with Crippen LogP contribution >= 0.6 is 0 Å². The number of aliphatic carboxylic acids is 1. The van der Waals surface area contributed by atoms with Gasteiger partial charge in [0.2, 0.25) is 5.88 Å². The van der Waals surface area contributed by atoms with Crippen molar-refractivity contribution in [3.05, 3.63) is 18.3 Å². The Bertz CT molecular complexity index is 634. The molecule has 26 heavy (non-hydrogen) atoms. The average Bonchev–Trinajstić information content (AvgIpc) is 2.61. The summed E-state index contributed by atoms with van der Waals surface area (Å²) in [5.41, 5.74) is 0.253. The number of nitrogens with zero attached hydrogens (tertiary/aromatic N) is 2. The van der Waals surface area contributed by atoms with Gasteiger partial charge in [-0.3, -0.25) is 4.79 Å². The number of likely N-dealkylation sites (tertiary alicyclic amines) is 1. The zero-order chi connectivity index (χ0) is 19.3. The standard InChI is InChI=1S/C15H17F4N3O4/c16-13(17)15(18,19)8-26-11-2-1-10(7-20-11)21-14(25)22-5-3-9(4-6-22)12(23)24/h1-2,7,9,13H,3-6,8H2,(H,21,25)(H,23,24). The van der Waals surface area contributed by atoms with Crippen molar-refractivity contribution in [2.75, 3.05) is 25.0 Å². The number of alkyl halides is 4. The van der Waals surface area contributed by atoms with Crippen molar-refractivity contribution >= 4 is 17.7 Å². The number of carboxylic acid groups (broad SMARTS) is 1. The Hall–Kier alpha value is -2.59. The summed E-state index contributed by atoms with van der Waals surface area (Å²) >= 11 is 0. The van der Waals surface area contributed by atoms with Gasteiger partial charge in [0.15, 0.2) is 6.61 Å². The van der Waals surface area contributed by atoms with Gasteiger partial charge in [-0.25, -0.2) is 18.6 Å². The maximum absolute atomic E-state index is 12.8. The van der Waals surface area contributed by atoms with Gasteiger partial charge in [-0.15, -0.1) is 0 Å². The number of pyridine rings is 1. The molecule has 2 rings (SSSR count). The van der Waals surface area contributed by atoms with E-state index in [4.69, 9.17) is 5.11 Å². The van der Waals surface area contributed by atoms with E-state index in [2.05, 4.69) is 15.0 Å². The second kappa shape index (κ2) is 8.19. The van der Waals surface area contributed by atoms with Crippen molar-refractivity contribution in [1.29, 1.82) is 0 Å². The number of ether oxygens (including phenoxy) is 1. The summed E-state index contributed by atoms with van der Waals surface area (Å²) in [7, 11) is 0. The number of carboxylic acids is 1. The van der Waals surface area contributed by atoms with Crippen LogP contribution in [0.3, 0.4) is 0 Å². The second-order valence-electron chi connectivity index (χ2n) is 5.77. The summed E-state index contributed by atoms with van der Waals surface area (Å²) in [6, 6.07) is 2.03. The Balaban J connectivity index is 1.83. The van der Waals surface area contributed by atoms with Gasteiger partial charge in [-0.05, 0) is 18.9 Å². The van der Waals surface area contributed by atoms with E-state index >= 15 is 0 Å². The Morgan fingerprint density at radius 2 is 2.00 bits per heavy atom. The molecule has 0 saturated carbocycles. The zero-order valence-electron chi connectivity index (χ0n) is 13.5. The molecule has 7 nitrogen and oxygen atoms in total. The van der Waals surface area contributed by atoms with E-state index in [0.717, 1.165) is 12.3 Å². The summed E-state index contributed by atoms with van der Waals surface area (Å²) in [5, 5.41) is 11.4. The van der Waals surface area contributed by atoms with Gasteiger partial charge in [0, 0.05) is 19.2 Å². The zero-order valence-corrected chi connectivity index (χ0v) is 13.5. The van der Waals surface area contributed by atoms with Crippen LogP contribution in [0.5, 0.6) is 5.88 Å². The highest BCUT2D eigenvalue weighted by Crippen LogP contribution is 2.24. The number of nitrogens with one attached hydrogen (secondary N) is 1. The summed E-state index contributed by atoms with van der Waals surface area (Å²) < 4.78 is 54.1. The molecule has 144 valence electrons. The topological polar surface area (TPSA) is 91.8 Å². The van der Waals surface area contributed by atoms with Crippen LogP contribution in [0.1, 0.15) is 12.8 Å². The van der Waals surface area contributed by atoms with E-state index < -0.39 is 36.9 Å². The van der Waals surface area contributed by atoms with Crippen LogP contribution in [0.2, 0.25) is 0 Å². The van der Waals surface area contributed by atoms with Gasteiger partial charge in [-0.1, -0.05) is 0 Å². The van der Waals surface area contributed by atoms with E-state index in [1.165, 1.54) is 11.0 Å². The number of carbonyl (C=O) groups is 2. The SMILES string of the molecule is O=C(O)C1CCN(C(=O)Nc2ccc(OCC(F)(F)C(F)F)nc2)CC1. The van der Waals surface area contributed by atoms with Crippen molar-refractivity contribution in [3.63, 3.8) is 0 Å². The molecule has 1 saturated heterocycles. The third-order valence-corrected chi connectivity index (χ3v) is 3.85. The Kier molecular flexibility index (Phi) is 6.22. The van der Waals surface area contributed by atoms with E-state index in [0.29, 0.717) is 25.9 Å². The van der Waals surface area contributed by atoms with Crippen LogP contribution in [-0.4, -0.2) is 59.0 Å². The monoisotopic (exact) mass is 379 g/mol. The van der Waals surface area contributed by atoms with Crippen molar-refractivity contribution in [2.45, 2.75) is 25.2 Å². The molecule has 0 aliphatic carbocycles. The molecule has 0 aromatic carbocycles. The molecule has 1 aliphatic rings. The lowest BCUT2D eigenvalue weighted by molar-refractivity contribution is -0.148. The van der Waals surface area contributed by atoms with Gasteiger partial charge in [-0.2, -0.15) is 8.78 Å². The van der Waals surface area contributed by atoms with Crippen LogP contribution in [0.4, 0.5) is 28.0 Å². The molecule has 0 bridgehead atoms. The first kappa shape index (κ1) is 19.7. The van der Waals surface area contributed by atoms with E-state index in [1.54, 1.807) is 0 Å². The number of rotatable bonds is 6. The number of hydrogen-bond acceptors (Lipinski definition) is 4. The molecule has 0 unspecified atom stereocenters. The molecule has 0 atom stereocenters. The number of hydrogen-bond donors (Lipinski definition) is 2. The van der Waals surface area contributed by atoms with Crippen LogP contribution in [-0.2, 0) is 4.79 Å². The molecule has 0 radical (unpaired) electrons.